The molecule has 1 fully saturated rings. The molecule has 0 atom stereocenters. The summed E-state index contributed by atoms with van der Waals surface area (Å²) >= 11 is 0. The van der Waals surface area contributed by atoms with Gasteiger partial charge in [0, 0.05) is 12.6 Å². The summed E-state index contributed by atoms with van der Waals surface area (Å²) in [6.45, 7) is 0.325. The van der Waals surface area contributed by atoms with Crippen molar-refractivity contribution < 1.29 is 19.0 Å². The van der Waals surface area contributed by atoms with E-state index < -0.39 is 17.4 Å². The molecule has 0 aliphatic heterocycles. The molecular formula is C11H13F2NO2. The fraction of sp³-hybridized carbons (Fsp3) is 0.455. The standard InChI is InChI=1S/C11H13F2NO2/c12-9-1-6(2-10(13)11(9)16)5-14-7-3-8(15)4-7/h1-2,7-8,14-16H,3-5H2. The second kappa shape index (κ2) is 4.35. The third-order valence-corrected chi connectivity index (χ3v) is 2.78. The summed E-state index contributed by atoms with van der Waals surface area (Å²) in [7, 11) is 0. The SMILES string of the molecule is Oc1c(F)cc(CNC2CC(O)C2)cc1F. The number of halogens is 2. The number of hydrogen-bond donors (Lipinski definition) is 3. The normalized spacial score (nSPS) is 24.2. The molecule has 5 heteroatoms. The predicted molar refractivity (Wildman–Crippen MR) is 53.9 cm³/mol. The van der Waals surface area contributed by atoms with Crippen molar-refractivity contribution in [3.63, 3.8) is 0 Å². The van der Waals surface area contributed by atoms with E-state index in [2.05, 4.69) is 5.32 Å². The molecule has 1 saturated carbocycles. The van der Waals surface area contributed by atoms with Crippen LogP contribution in [0.1, 0.15) is 18.4 Å². The third kappa shape index (κ3) is 2.31. The lowest BCUT2D eigenvalue weighted by Gasteiger charge is -2.32. The molecule has 0 amide bonds. The first-order valence-corrected chi connectivity index (χ1v) is 5.14. The number of phenols is 1. The van der Waals surface area contributed by atoms with Gasteiger partial charge in [-0.15, -0.1) is 0 Å². The van der Waals surface area contributed by atoms with Crippen LogP contribution in [0.2, 0.25) is 0 Å². The van der Waals surface area contributed by atoms with Crippen LogP contribution in [0.15, 0.2) is 12.1 Å². The molecule has 0 unspecified atom stereocenters. The van der Waals surface area contributed by atoms with Crippen LogP contribution < -0.4 is 5.32 Å². The predicted octanol–water partition coefficient (Wildman–Crippen LogP) is 1.28. The van der Waals surface area contributed by atoms with Gasteiger partial charge in [-0.1, -0.05) is 0 Å². The van der Waals surface area contributed by atoms with E-state index in [1.165, 1.54) is 0 Å². The van der Waals surface area contributed by atoms with Gasteiger partial charge in [-0.2, -0.15) is 0 Å². The van der Waals surface area contributed by atoms with Crippen LogP contribution in [0.5, 0.6) is 5.75 Å². The molecule has 0 saturated heterocycles. The number of aliphatic hydroxyl groups excluding tert-OH is 1. The average Bonchev–Trinajstić information content (AvgIpc) is 2.19. The Balaban J connectivity index is 1.94. The summed E-state index contributed by atoms with van der Waals surface area (Å²) in [6.07, 6.45) is 1.08. The fourth-order valence-electron chi connectivity index (χ4n) is 1.74. The minimum atomic E-state index is -0.953. The Morgan fingerprint density at radius 2 is 1.81 bits per heavy atom. The van der Waals surface area contributed by atoms with Gasteiger partial charge in [0.2, 0.25) is 0 Å². The minimum absolute atomic E-state index is 0.204. The highest BCUT2D eigenvalue weighted by Crippen LogP contribution is 2.23. The zero-order valence-corrected chi connectivity index (χ0v) is 8.58. The van der Waals surface area contributed by atoms with Gasteiger partial charge in [0.15, 0.2) is 17.4 Å². The molecular weight excluding hydrogens is 216 g/mol. The van der Waals surface area contributed by atoms with Crippen molar-refractivity contribution in [2.24, 2.45) is 0 Å². The van der Waals surface area contributed by atoms with E-state index in [-0.39, 0.29) is 12.1 Å². The maximum Gasteiger partial charge on any atom is 0.187 e. The molecule has 2 rings (SSSR count). The zero-order chi connectivity index (χ0) is 11.7. The summed E-state index contributed by atoms with van der Waals surface area (Å²) in [5, 5.41) is 21.0. The first kappa shape index (κ1) is 11.3. The molecule has 16 heavy (non-hydrogen) atoms. The Labute approximate surface area is 91.7 Å². The van der Waals surface area contributed by atoms with Gasteiger partial charge in [0.1, 0.15) is 0 Å². The molecule has 1 aromatic carbocycles. The van der Waals surface area contributed by atoms with Crippen LogP contribution in [0, 0.1) is 11.6 Å². The lowest BCUT2D eigenvalue weighted by Crippen LogP contribution is -2.43. The molecule has 3 nitrogen and oxygen atoms in total. The van der Waals surface area contributed by atoms with E-state index in [1.54, 1.807) is 0 Å². The van der Waals surface area contributed by atoms with Gasteiger partial charge in [-0.3, -0.25) is 0 Å². The number of aliphatic hydroxyl groups is 1. The summed E-state index contributed by atoms with van der Waals surface area (Å²) in [5.74, 6) is -2.85. The number of benzene rings is 1. The summed E-state index contributed by atoms with van der Waals surface area (Å²) in [6, 6.07) is 2.40. The Morgan fingerprint density at radius 3 is 2.31 bits per heavy atom. The first-order valence-electron chi connectivity index (χ1n) is 5.14. The Hall–Kier alpha value is -1.20. The molecule has 0 heterocycles. The number of nitrogens with one attached hydrogen (secondary N) is 1. The van der Waals surface area contributed by atoms with Crippen LogP contribution >= 0.6 is 0 Å². The van der Waals surface area contributed by atoms with Gasteiger partial charge in [-0.25, -0.2) is 8.78 Å². The second-order valence-corrected chi connectivity index (χ2v) is 4.11. The van der Waals surface area contributed by atoms with Crippen molar-refractivity contribution in [1.82, 2.24) is 5.32 Å². The summed E-state index contributed by atoms with van der Waals surface area (Å²) < 4.78 is 25.9. The van der Waals surface area contributed by atoms with Crippen molar-refractivity contribution in [1.29, 1.82) is 0 Å². The Bertz CT molecular complexity index is 369. The maximum absolute atomic E-state index is 13.0. The lowest BCUT2D eigenvalue weighted by atomic mass is 9.89. The van der Waals surface area contributed by atoms with E-state index in [0.717, 1.165) is 12.1 Å². The van der Waals surface area contributed by atoms with Crippen molar-refractivity contribution in [3.05, 3.63) is 29.3 Å². The Morgan fingerprint density at radius 1 is 1.25 bits per heavy atom. The van der Waals surface area contributed by atoms with Gasteiger partial charge in [-0.05, 0) is 30.5 Å². The van der Waals surface area contributed by atoms with Crippen molar-refractivity contribution >= 4 is 0 Å². The smallest absolute Gasteiger partial charge is 0.187 e. The quantitative estimate of drug-likeness (QED) is 0.732. The average molecular weight is 229 g/mol. The molecule has 88 valence electrons. The molecule has 3 N–H and O–H groups in total. The maximum atomic E-state index is 13.0. The van der Waals surface area contributed by atoms with Crippen molar-refractivity contribution in [2.75, 3.05) is 0 Å². The van der Waals surface area contributed by atoms with Crippen molar-refractivity contribution in [3.8, 4) is 5.75 Å². The zero-order valence-electron chi connectivity index (χ0n) is 8.58. The lowest BCUT2D eigenvalue weighted by molar-refractivity contribution is 0.0619. The van der Waals surface area contributed by atoms with E-state index in [9.17, 15) is 8.78 Å². The van der Waals surface area contributed by atoms with Crippen LogP contribution in [0.3, 0.4) is 0 Å². The van der Waals surface area contributed by atoms with E-state index in [0.29, 0.717) is 24.9 Å². The van der Waals surface area contributed by atoms with Crippen molar-refractivity contribution in [2.45, 2.75) is 31.5 Å². The van der Waals surface area contributed by atoms with Gasteiger partial charge >= 0.3 is 0 Å². The van der Waals surface area contributed by atoms with Crippen LogP contribution in [-0.4, -0.2) is 22.4 Å². The molecule has 0 bridgehead atoms. The molecule has 1 aliphatic rings. The Kier molecular flexibility index (Phi) is 3.07. The highest BCUT2D eigenvalue weighted by atomic mass is 19.1. The number of aromatic hydroxyl groups is 1. The van der Waals surface area contributed by atoms with E-state index in [4.69, 9.17) is 10.2 Å². The van der Waals surface area contributed by atoms with Gasteiger partial charge in [0.05, 0.1) is 6.10 Å². The number of hydrogen-bond acceptors (Lipinski definition) is 3. The largest absolute Gasteiger partial charge is 0.503 e. The molecule has 1 aliphatic carbocycles. The highest BCUT2D eigenvalue weighted by Gasteiger charge is 2.26. The highest BCUT2D eigenvalue weighted by molar-refractivity contribution is 5.30. The van der Waals surface area contributed by atoms with E-state index >= 15 is 0 Å². The van der Waals surface area contributed by atoms with Gasteiger partial charge < -0.3 is 15.5 Å². The second-order valence-electron chi connectivity index (χ2n) is 4.11. The van der Waals surface area contributed by atoms with Crippen LogP contribution in [0.25, 0.3) is 0 Å². The number of rotatable bonds is 3. The topological polar surface area (TPSA) is 52.5 Å². The monoisotopic (exact) mass is 229 g/mol. The minimum Gasteiger partial charge on any atom is -0.503 e. The van der Waals surface area contributed by atoms with Crippen LogP contribution in [0.4, 0.5) is 8.78 Å². The van der Waals surface area contributed by atoms with Crippen LogP contribution in [-0.2, 0) is 6.54 Å². The number of phenolic OH excluding ortho intramolecular Hbond substituents is 1. The van der Waals surface area contributed by atoms with Gasteiger partial charge in [0.25, 0.3) is 0 Å². The molecule has 0 aromatic heterocycles. The fourth-order valence-corrected chi connectivity index (χ4v) is 1.74. The third-order valence-electron chi connectivity index (χ3n) is 2.78. The molecule has 0 spiro atoms. The first-order chi connectivity index (χ1) is 7.56. The molecule has 0 radical (unpaired) electrons. The molecule has 1 aromatic rings. The summed E-state index contributed by atoms with van der Waals surface area (Å²) in [5.41, 5.74) is 0.439. The summed E-state index contributed by atoms with van der Waals surface area (Å²) in [4.78, 5) is 0. The van der Waals surface area contributed by atoms with E-state index in [1.807, 2.05) is 0 Å².